The number of rotatable bonds is 1. The zero-order chi connectivity index (χ0) is 14.2. The van der Waals surface area contributed by atoms with Gasteiger partial charge in [-0.05, 0) is 13.3 Å². The lowest BCUT2D eigenvalue weighted by atomic mass is 10.1. The monoisotopic (exact) mass is 284 g/mol. The van der Waals surface area contributed by atoms with E-state index < -0.39 is 16.0 Å². The van der Waals surface area contributed by atoms with Crippen LogP contribution in [0.5, 0.6) is 0 Å². The molecule has 0 aromatic carbocycles. The number of sulfonamides is 1. The molecule has 1 N–H and O–H groups in total. The summed E-state index contributed by atoms with van der Waals surface area (Å²) in [6.07, 6.45) is 5.49. The molecule has 1 atom stereocenters. The highest BCUT2D eigenvalue weighted by molar-refractivity contribution is 7.89. The van der Waals surface area contributed by atoms with Crippen LogP contribution in [0.2, 0.25) is 0 Å². The lowest BCUT2D eigenvalue weighted by Crippen LogP contribution is -2.33. The largest absolute Gasteiger partial charge is 0.464 e. The van der Waals surface area contributed by atoms with Gasteiger partial charge in [0.15, 0.2) is 0 Å². The van der Waals surface area contributed by atoms with Crippen LogP contribution in [0.3, 0.4) is 0 Å². The molecular formula is C12H16N2O4S. The molecule has 0 saturated carbocycles. The van der Waals surface area contributed by atoms with Gasteiger partial charge >= 0.3 is 5.97 Å². The molecule has 0 saturated heterocycles. The van der Waals surface area contributed by atoms with Gasteiger partial charge < -0.3 is 9.30 Å². The van der Waals surface area contributed by atoms with Crippen molar-refractivity contribution in [2.75, 3.05) is 7.11 Å². The average molecular weight is 284 g/mol. The molecule has 0 aliphatic carbocycles. The van der Waals surface area contributed by atoms with Crippen molar-refractivity contribution in [3.05, 3.63) is 23.5 Å². The Hall–Kier alpha value is -1.60. The molecule has 0 amide bonds. The molecule has 104 valence electrons. The number of aryl methyl sites for hydroxylation is 1. The molecule has 0 radical (unpaired) electrons. The number of fused-ring (bicyclic) bond motifs is 1. The first-order valence-corrected chi connectivity index (χ1v) is 7.31. The van der Waals surface area contributed by atoms with Gasteiger partial charge in [-0.25, -0.2) is 17.9 Å². The highest BCUT2D eigenvalue weighted by atomic mass is 32.2. The Morgan fingerprint density at radius 1 is 1.53 bits per heavy atom. The molecule has 0 spiro atoms. The fourth-order valence-electron chi connectivity index (χ4n) is 2.11. The zero-order valence-electron chi connectivity index (χ0n) is 11.0. The van der Waals surface area contributed by atoms with E-state index in [1.54, 1.807) is 20.0 Å². The van der Waals surface area contributed by atoms with E-state index in [1.807, 2.05) is 6.08 Å². The molecule has 2 rings (SSSR count). The van der Waals surface area contributed by atoms with Crippen molar-refractivity contribution >= 4 is 22.1 Å². The standard InChI is InChI=1S/C12H16N2O4S/c1-8-5-4-6-9-10(19(16,17)13-8)7-14(2)11(9)12(15)18-3/h4,6-8,13H,5H2,1-3H3/b6-4-. The first-order valence-electron chi connectivity index (χ1n) is 5.83. The van der Waals surface area contributed by atoms with Crippen molar-refractivity contribution in [3.63, 3.8) is 0 Å². The van der Waals surface area contributed by atoms with Gasteiger partial charge in [-0.3, -0.25) is 0 Å². The number of aromatic nitrogens is 1. The Labute approximate surface area is 112 Å². The molecule has 1 unspecified atom stereocenters. The molecule has 6 nitrogen and oxygen atoms in total. The maximum Gasteiger partial charge on any atom is 0.355 e. The summed E-state index contributed by atoms with van der Waals surface area (Å²) in [5.41, 5.74) is 0.599. The van der Waals surface area contributed by atoms with Crippen LogP contribution in [-0.4, -0.2) is 32.1 Å². The van der Waals surface area contributed by atoms with Gasteiger partial charge in [-0.15, -0.1) is 0 Å². The van der Waals surface area contributed by atoms with E-state index in [0.717, 1.165) is 0 Å². The number of carbonyl (C=O) groups excluding carboxylic acids is 1. The fraction of sp³-hybridized carbons (Fsp3) is 0.417. The van der Waals surface area contributed by atoms with Crippen molar-refractivity contribution in [3.8, 4) is 0 Å². The third-order valence-electron chi connectivity index (χ3n) is 2.98. The summed E-state index contributed by atoms with van der Waals surface area (Å²) in [5, 5.41) is 0. The minimum Gasteiger partial charge on any atom is -0.464 e. The van der Waals surface area contributed by atoms with Crippen LogP contribution in [-0.2, 0) is 21.8 Å². The molecule has 1 aliphatic rings. The van der Waals surface area contributed by atoms with Crippen LogP contribution in [0, 0.1) is 0 Å². The summed E-state index contributed by atoms with van der Waals surface area (Å²) in [6.45, 7) is 1.79. The molecule has 19 heavy (non-hydrogen) atoms. The Bertz CT molecular complexity index is 643. The Morgan fingerprint density at radius 2 is 2.21 bits per heavy atom. The molecule has 1 aromatic rings. The van der Waals surface area contributed by atoms with Gasteiger partial charge in [0.2, 0.25) is 10.0 Å². The second kappa shape index (κ2) is 4.82. The number of esters is 1. The van der Waals surface area contributed by atoms with E-state index >= 15 is 0 Å². The van der Waals surface area contributed by atoms with Crippen LogP contribution < -0.4 is 4.72 Å². The summed E-state index contributed by atoms with van der Waals surface area (Å²) in [6, 6.07) is -0.184. The second-order valence-electron chi connectivity index (χ2n) is 4.52. The highest BCUT2D eigenvalue weighted by Gasteiger charge is 2.28. The van der Waals surface area contributed by atoms with E-state index in [0.29, 0.717) is 12.0 Å². The number of methoxy groups -OCH3 is 1. The van der Waals surface area contributed by atoms with Gasteiger partial charge in [0, 0.05) is 24.8 Å². The summed E-state index contributed by atoms with van der Waals surface area (Å²) in [4.78, 5) is 11.8. The van der Waals surface area contributed by atoms with Gasteiger partial charge in [-0.1, -0.05) is 12.2 Å². The molecule has 0 fully saturated rings. The second-order valence-corrected chi connectivity index (χ2v) is 6.20. The molecule has 1 aliphatic heterocycles. The Morgan fingerprint density at radius 3 is 2.84 bits per heavy atom. The molecular weight excluding hydrogens is 268 g/mol. The van der Waals surface area contributed by atoms with Crippen LogP contribution in [0.15, 0.2) is 17.2 Å². The highest BCUT2D eigenvalue weighted by Crippen LogP contribution is 2.26. The molecule has 2 heterocycles. The van der Waals surface area contributed by atoms with Gasteiger partial charge in [-0.2, -0.15) is 0 Å². The van der Waals surface area contributed by atoms with Crippen molar-refractivity contribution in [1.29, 1.82) is 0 Å². The third-order valence-corrected chi connectivity index (χ3v) is 4.60. The summed E-state index contributed by atoms with van der Waals surface area (Å²) in [7, 11) is -0.742. The van der Waals surface area contributed by atoms with Crippen LogP contribution in [0.4, 0.5) is 0 Å². The molecule has 7 heteroatoms. The first-order chi connectivity index (χ1) is 8.86. The smallest absolute Gasteiger partial charge is 0.355 e. The topological polar surface area (TPSA) is 77.4 Å². The minimum atomic E-state index is -3.62. The number of nitrogens with one attached hydrogen (secondary N) is 1. The summed E-state index contributed by atoms with van der Waals surface area (Å²) >= 11 is 0. The van der Waals surface area contributed by atoms with Gasteiger partial charge in [0.1, 0.15) is 10.6 Å². The van der Waals surface area contributed by atoms with Gasteiger partial charge in [0.05, 0.1) is 7.11 Å². The predicted molar refractivity (Wildman–Crippen MR) is 70.2 cm³/mol. The maximum absolute atomic E-state index is 12.2. The number of hydrogen-bond acceptors (Lipinski definition) is 4. The maximum atomic E-state index is 12.2. The van der Waals surface area contributed by atoms with E-state index in [9.17, 15) is 13.2 Å². The Balaban J connectivity index is 2.69. The number of ether oxygens (including phenoxy) is 1. The SMILES string of the molecule is COC(=O)c1c2c(cn1C)S(=O)(=O)NC(C)C/C=C\2. The summed E-state index contributed by atoms with van der Waals surface area (Å²) in [5.74, 6) is -0.558. The fourth-order valence-corrected chi connectivity index (χ4v) is 3.61. The van der Waals surface area contributed by atoms with Crippen molar-refractivity contribution in [2.24, 2.45) is 7.05 Å². The number of carbonyl (C=O) groups is 1. The normalized spacial score (nSPS) is 23.0. The predicted octanol–water partition coefficient (Wildman–Crippen LogP) is 0.895. The van der Waals surface area contributed by atoms with Crippen LogP contribution in [0.1, 0.15) is 29.4 Å². The van der Waals surface area contributed by atoms with Crippen LogP contribution in [0.25, 0.3) is 6.08 Å². The lowest BCUT2D eigenvalue weighted by molar-refractivity contribution is 0.0589. The summed E-state index contributed by atoms with van der Waals surface area (Å²) < 4.78 is 33.2. The Kier molecular flexibility index (Phi) is 3.51. The third kappa shape index (κ3) is 2.43. The van der Waals surface area contributed by atoms with Crippen LogP contribution >= 0.6 is 0 Å². The van der Waals surface area contributed by atoms with E-state index in [4.69, 9.17) is 4.74 Å². The van der Waals surface area contributed by atoms with Crippen molar-refractivity contribution in [1.82, 2.24) is 9.29 Å². The minimum absolute atomic E-state index is 0.0956. The quantitative estimate of drug-likeness (QED) is 0.777. The molecule has 0 bridgehead atoms. The van der Waals surface area contributed by atoms with E-state index in [2.05, 4.69) is 4.72 Å². The first kappa shape index (κ1) is 13.8. The zero-order valence-corrected chi connectivity index (χ0v) is 11.8. The van der Waals surface area contributed by atoms with E-state index in [1.165, 1.54) is 17.9 Å². The molecule has 1 aromatic heterocycles. The van der Waals surface area contributed by atoms with E-state index in [-0.39, 0.29) is 16.6 Å². The van der Waals surface area contributed by atoms with Crippen molar-refractivity contribution < 1.29 is 17.9 Å². The average Bonchev–Trinajstić information content (AvgIpc) is 2.64. The number of nitrogens with zero attached hydrogens (tertiary/aromatic N) is 1. The lowest BCUT2D eigenvalue weighted by Gasteiger charge is -2.14. The van der Waals surface area contributed by atoms with Gasteiger partial charge in [0.25, 0.3) is 0 Å². The number of hydrogen-bond donors (Lipinski definition) is 1. The van der Waals surface area contributed by atoms with Crippen molar-refractivity contribution in [2.45, 2.75) is 24.3 Å².